The number of benzene rings is 4. The van der Waals surface area contributed by atoms with Crippen molar-refractivity contribution >= 4 is 17.6 Å². The van der Waals surface area contributed by atoms with E-state index in [0.717, 1.165) is 53.2 Å². The van der Waals surface area contributed by atoms with E-state index in [2.05, 4.69) is 49.9 Å². The topological polar surface area (TPSA) is 79.2 Å². The number of nitrogens with zero attached hydrogens (tertiary/aromatic N) is 1. The van der Waals surface area contributed by atoms with Gasteiger partial charge in [0.1, 0.15) is 11.4 Å². The number of carboxylic acid groups (broad SMARTS) is 1. The lowest BCUT2D eigenvalue weighted by Gasteiger charge is -2.34. The smallest absolute Gasteiger partial charge is 0.335 e. The Morgan fingerprint density at radius 3 is 2.02 bits per heavy atom. The van der Waals surface area contributed by atoms with Crippen molar-refractivity contribution in [3.8, 4) is 16.9 Å². The summed E-state index contributed by atoms with van der Waals surface area (Å²) in [4.78, 5) is 13.5. The van der Waals surface area contributed by atoms with Gasteiger partial charge in [0.25, 0.3) is 0 Å². The van der Waals surface area contributed by atoms with Crippen LogP contribution in [-0.4, -0.2) is 60.5 Å². The first-order valence-electron chi connectivity index (χ1n) is 15.5. The van der Waals surface area contributed by atoms with Gasteiger partial charge in [-0.05, 0) is 75.5 Å². The summed E-state index contributed by atoms with van der Waals surface area (Å²) in [5.74, 6) is -0.211. The van der Waals surface area contributed by atoms with E-state index in [0.29, 0.717) is 37.7 Å². The number of rotatable bonds is 11. The van der Waals surface area contributed by atoms with Crippen molar-refractivity contribution in [2.45, 2.75) is 44.6 Å². The van der Waals surface area contributed by atoms with E-state index in [4.69, 9.17) is 26.2 Å². The van der Waals surface area contributed by atoms with E-state index in [1.54, 1.807) is 24.3 Å². The Balaban J connectivity index is 1.30. The van der Waals surface area contributed by atoms with Gasteiger partial charge in [-0.2, -0.15) is 0 Å². The number of aliphatic hydroxyl groups is 1. The van der Waals surface area contributed by atoms with E-state index < -0.39 is 11.6 Å². The average Bonchev–Trinajstić information content (AvgIpc) is 3.05. The number of carbonyl (C=O) groups is 1. The van der Waals surface area contributed by atoms with Gasteiger partial charge in [-0.1, -0.05) is 93.0 Å². The average molecular weight is 628 g/mol. The Morgan fingerprint density at radius 1 is 0.844 bits per heavy atom. The molecule has 4 aromatic rings. The zero-order valence-corrected chi connectivity index (χ0v) is 27.0. The van der Waals surface area contributed by atoms with Crippen LogP contribution in [0, 0.1) is 0 Å². The van der Waals surface area contributed by atoms with E-state index >= 15 is 0 Å². The maximum absolute atomic E-state index is 12.4. The van der Waals surface area contributed by atoms with Gasteiger partial charge in [0, 0.05) is 31.1 Å². The number of morpholine rings is 1. The first-order chi connectivity index (χ1) is 21.5. The molecule has 1 unspecified atom stereocenters. The molecule has 236 valence electrons. The third-order valence-corrected chi connectivity index (χ3v) is 8.97. The minimum Gasteiger partial charge on any atom is -0.493 e. The summed E-state index contributed by atoms with van der Waals surface area (Å²) in [6.07, 6.45) is 1.12. The van der Waals surface area contributed by atoms with Crippen molar-refractivity contribution < 1.29 is 24.5 Å². The second kappa shape index (κ2) is 14.2. The molecular weight excluding hydrogens is 586 g/mol. The second-order valence-corrected chi connectivity index (χ2v) is 13.1. The fourth-order valence-corrected chi connectivity index (χ4v) is 5.91. The predicted molar refractivity (Wildman–Crippen MR) is 180 cm³/mol. The van der Waals surface area contributed by atoms with Crippen LogP contribution >= 0.6 is 11.6 Å². The number of carboxylic acids is 1. The number of hydrogen-bond acceptors (Lipinski definition) is 5. The lowest BCUT2D eigenvalue weighted by molar-refractivity contribution is 0.0143. The molecule has 0 aliphatic carbocycles. The van der Waals surface area contributed by atoms with Gasteiger partial charge in [-0.25, -0.2) is 4.79 Å². The quantitative estimate of drug-likeness (QED) is 0.178. The third-order valence-electron chi connectivity index (χ3n) is 8.60. The van der Waals surface area contributed by atoms with E-state index in [9.17, 15) is 9.90 Å². The van der Waals surface area contributed by atoms with Crippen LogP contribution < -0.4 is 4.74 Å². The number of halogens is 1. The molecule has 1 saturated heterocycles. The second-order valence-electron chi connectivity index (χ2n) is 12.7. The van der Waals surface area contributed by atoms with Crippen LogP contribution in [0.5, 0.6) is 5.75 Å². The summed E-state index contributed by atoms with van der Waals surface area (Å²) in [6.45, 7) is 10.9. The van der Waals surface area contributed by atoms with Crippen molar-refractivity contribution in [1.82, 2.24) is 4.90 Å². The Morgan fingerprint density at radius 2 is 1.42 bits per heavy atom. The molecule has 0 spiro atoms. The standard InChI is InChI=1S/C38H42ClNO5/c1-37(2,3)31-10-12-32(13-11-31)38(43,19-20-40-21-24-44-25-22-40)33-14-17-35(39)30(26-33)18-23-45-34-15-8-28(9-16-34)27-4-6-29(7-5-27)36(41)42/h4-17,26,43H,18-25H2,1-3H3,(H,41,42). The van der Waals surface area contributed by atoms with Gasteiger partial charge in [-0.15, -0.1) is 0 Å². The summed E-state index contributed by atoms with van der Waals surface area (Å²) in [6, 6.07) is 28.7. The van der Waals surface area contributed by atoms with Gasteiger partial charge in [0.2, 0.25) is 0 Å². The maximum Gasteiger partial charge on any atom is 0.335 e. The van der Waals surface area contributed by atoms with Crippen molar-refractivity contribution in [3.05, 3.63) is 124 Å². The van der Waals surface area contributed by atoms with Crippen LogP contribution in [0.3, 0.4) is 0 Å². The van der Waals surface area contributed by atoms with Crippen molar-refractivity contribution in [2.75, 3.05) is 39.5 Å². The molecule has 1 aliphatic rings. The highest BCUT2D eigenvalue weighted by atomic mass is 35.5. The van der Waals surface area contributed by atoms with Crippen LogP contribution in [0.1, 0.15) is 59.8 Å². The third kappa shape index (κ3) is 8.13. The number of hydrogen-bond donors (Lipinski definition) is 2. The SMILES string of the molecule is CC(C)(C)c1ccc(C(O)(CCN2CCOCC2)c2ccc(Cl)c(CCOc3ccc(-c4ccc(C(=O)O)cc4)cc3)c2)cc1. The molecule has 5 rings (SSSR count). The molecule has 6 nitrogen and oxygen atoms in total. The largest absolute Gasteiger partial charge is 0.493 e. The van der Waals surface area contributed by atoms with Crippen LogP contribution in [0.2, 0.25) is 5.02 Å². The normalized spacial score (nSPS) is 15.4. The molecule has 1 atom stereocenters. The summed E-state index contributed by atoms with van der Waals surface area (Å²) in [5, 5.41) is 22.2. The van der Waals surface area contributed by atoms with Gasteiger partial charge in [-0.3, -0.25) is 4.90 Å². The highest BCUT2D eigenvalue weighted by Crippen LogP contribution is 2.37. The summed E-state index contributed by atoms with van der Waals surface area (Å²) < 4.78 is 11.6. The molecule has 4 aromatic carbocycles. The lowest BCUT2D eigenvalue weighted by atomic mass is 9.80. The zero-order valence-electron chi connectivity index (χ0n) is 26.3. The molecular formula is C38H42ClNO5. The Kier molecular flexibility index (Phi) is 10.3. The van der Waals surface area contributed by atoms with Gasteiger partial charge >= 0.3 is 5.97 Å². The molecule has 0 amide bonds. The molecule has 7 heteroatoms. The van der Waals surface area contributed by atoms with Gasteiger partial charge in [0.05, 0.1) is 25.4 Å². The van der Waals surface area contributed by atoms with Crippen LogP contribution in [0.4, 0.5) is 0 Å². The number of ether oxygens (including phenoxy) is 2. The predicted octanol–water partition coefficient (Wildman–Crippen LogP) is 7.58. The van der Waals surface area contributed by atoms with Crippen LogP contribution in [0.25, 0.3) is 11.1 Å². The Labute approximate surface area is 271 Å². The van der Waals surface area contributed by atoms with E-state index in [-0.39, 0.29) is 11.0 Å². The highest BCUT2D eigenvalue weighted by Gasteiger charge is 2.33. The zero-order chi connectivity index (χ0) is 32.0. The number of aromatic carboxylic acids is 1. The lowest BCUT2D eigenvalue weighted by Crippen LogP contribution is -2.40. The van der Waals surface area contributed by atoms with Crippen LogP contribution in [0.15, 0.2) is 91.0 Å². The molecule has 1 aliphatic heterocycles. The molecule has 45 heavy (non-hydrogen) atoms. The van der Waals surface area contributed by atoms with Crippen molar-refractivity contribution in [1.29, 1.82) is 0 Å². The fraction of sp³-hybridized carbons (Fsp3) is 0.342. The van der Waals surface area contributed by atoms with Gasteiger partial charge in [0.15, 0.2) is 0 Å². The molecule has 0 saturated carbocycles. The monoisotopic (exact) mass is 627 g/mol. The van der Waals surface area contributed by atoms with Gasteiger partial charge < -0.3 is 19.7 Å². The van der Waals surface area contributed by atoms with Crippen LogP contribution in [-0.2, 0) is 22.2 Å². The molecule has 1 fully saturated rings. The first kappa shape index (κ1) is 32.7. The molecule has 0 bridgehead atoms. The molecule has 0 aromatic heterocycles. The summed E-state index contributed by atoms with van der Waals surface area (Å²) in [7, 11) is 0. The molecule has 2 N–H and O–H groups in total. The first-order valence-corrected chi connectivity index (χ1v) is 15.9. The van der Waals surface area contributed by atoms with E-state index in [1.165, 1.54) is 5.56 Å². The fourth-order valence-electron chi connectivity index (χ4n) is 5.70. The summed E-state index contributed by atoms with van der Waals surface area (Å²) >= 11 is 6.67. The van der Waals surface area contributed by atoms with Crippen molar-refractivity contribution in [3.63, 3.8) is 0 Å². The van der Waals surface area contributed by atoms with Crippen molar-refractivity contribution in [2.24, 2.45) is 0 Å². The molecule has 0 radical (unpaired) electrons. The van der Waals surface area contributed by atoms with E-state index in [1.807, 2.05) is 42.5 Å². The summed E-state index contributed by atoms with van der Waals surface area (Å²) in [5.41, 5.74) is 4.82. The molecule has 1 heterocycles. The Bertz CT molecular complexity index is 1570. The minimum atomic E-state index is -1.19. The highest BCUT2D eigenvalue weighted by molar-refractivity contribution is 6.31. The Hall–Kier alpha value is -3.68. The minimum absolute atomic E-state index is 0.0196. The maximum atomic E-state index is 12.4.